The van der Waals surface area contributed by atoms with Gasteiger partial charge >= 0.3 is 5.63 Å². The van der Waals surface area contributed by atoms with Crippen LogP contribution in [0.25, 0.3) is 21.1 Å². The molecule has 0 unspecified atom stereocenters. The fourth-order valence-corrected chi connectivity index (χ4v) is 2.70. The van der Waals surface area contributed by atoms with E-state index in [1.165, 1.54) is 10.1 Å². The minimum atomic E-state index is -0.283. The van der Waals surface area contributed by atoms with E-state index in [0.717, 1.165) is 10.9 Å². The number of aryl methyl sites for hydroxylation is 1. The molecule has 0 aliphatic heterocycles. The van der Waals surface area contributed by atoms with Gasteiger partial charge in [-0.1, -0.05) is 0 Å². The van der Waals surface area contributed by atoms with Gasteiger partial charge in [-0.05, 0) is 36.1 Å². The van der Waals surface area contributed by atoms with Crippen LogP contribution in [0.2, 0.25) is 0 Å². The Kier molecular flexibility index (Phi) is 1.70. The standard InChI is InChI=1S/C12H8O2S/c1-7-6-11(13)14-9-2-3-10-8(12(7)9)4-5-15-10/h2-6H,1H3. The number of thiophene rings is 1. The van der Waals surface area contributed by atoms with Gasteiger partial charge < -0.3 is 4.42 Å². The van der Waals surface area contributed by atoms with Crippen LogP contribution in [0.5, 0.6) is 0 Å². The minimum Gasteiger partial charge on any atom is -0.423 e. The third-order valence-electron chi connectivity index (χ3n) is 2.54. The third kappa shape index (κ3) is 1.20. The Morgan fingerprint density at radius 2 is 2.13 bits per heavy atom. The van der Waals surface area contributed by atoms with E-state index in [1.807, 2.05) is 19.1 Å². The first kappa shape index (κ1) is 8.68. The van der Waals surface area contributed by atoms with Crippen molar-refractivity contribution in [2.75, 3.05) is 0 Å². The van der Waals surface area contributed by atoms with Crippen LogP contribution >= 0.6 is 11.3 Å². The molecule has 0 amide bonds. The first-order valence-corrected chi connectivity index (χ1v) is 5.54. The molecule has 2 heterocycles. The SMILES string of the molecule is Cc1cc(=O)oc2ccc3sccc3c12. The molecule has 2 nitrogen and oxygen atoms in total. The molecule has 3 heteroatoms. The first-order chi connectivity index (χ1) is 7.25. The summed E-state index contributed by atoms with van der Waals surface area (Å²) in [5, 5.41) is 4.27. The smallest absolute Gasteiger partial charge is 0.336 e. The number of hydrogen-bond donors (Lipinski definition) is 0. The molecule has 0 radical (unpaired) electrons. The van der Waals surface area contributed by atoms with Crippen LogP contribution in [0.4, 0.5) is 0 Å². The van der Waals surface area contributed by atoms with Gasteiger partial charge in [-0.3, -0.25) is 0 Å². The summed E-state index contributed by atoms with van der Waals surface area (Å²) in [5.41, 5.74) is 1.37. The monoisotopic (exact) mass is 216 g/mol. The maximum Gasteiger partial charge on any atom is 0.336 e. The van der Waals surface area contributed by atoms with E-state index < -0.39 is 0 Å². The highest BCUT2D eigenvalue weighted by Crippen LogP contribution is 2.30. The highest BCUT2D eigenvalue weighted by Gasteiger charge is 2.06. The summed E-state index contributed by atoms with van der Waals surface area (Å²) in [7, 11) is 0. The zero-order chi connectivity index (χ0) is 10.4. The van der Waals surface area contributed by atoms with Crippen molar-refractivity contribution in [1.29, 1.82) is 0 Å². The van der Waals surface area contributed by atoms with Crippen LogP contribution < -0.4 is 5.63 Å². The van der Waals surface area contributed by atoms with Gasteiger partial charge in [0, 0.05) is 21.5 Å². The second-order valence-electron chi connectivity index (χ2n) is 3.52. The fourth-order valence-electron chi connectivity index (χ4n) is 1.90. The molecule has 0 aliphatic carbocycles. The van der Waals surface area contributed by atoms with E-state index in [1.54, 1.807) is 17.4 Å². The van der Waals surface area contributed by atoms with E-state index in [2.05, 4.69) is 11.4 Å². The summed E-state index contributed by atoms with van der Waals surface area (Å²) in [6, 6.07) is 7.46. The molecule has 2 aromatic heterocycles. The molecule has 0 fully saturated rings. The third-order valence-corrected chi connectivity index (χ3v) is 3.42. The van der Waals surface area contributed by atoms with Crippen LogP contribution in [0.15, 0.2) is 38.9 Å². The summed E-state index contributed by atoms with van der Waals surface area (Å²) in [4.78, 5) is 11.2. The molecule has 0 saturated heterocycles. The second kappa shape index (κ2) is 2.94. The molecule has 1 aromatic carbocycles. The highest BCUT2D eigenvalue weighted by atomic mass is 32.1. The van der Waals surface area contributed by atoms with E-state index in [-0.39, 0.29) is 5.63 Å². The van der Waals surface area contributed by atoms with Gasteiger partial charge in [-0.25, -0.2) is 4.79 Å². The van der Waals surface area contributed by atoms with Crippen molar-refractivity contribution in [2.45, 2.75) is 6.92 Å². The molecule has 0 bridgehead atoms. The predicted molar refractivity (Wildman–Crippen MR) is 62.6 cm³/mol. The van der Waals surface area contributed by atoms with Crippen molar-refractivity contribution >= 4 is 32.4 Å². The van der Waals surface area contributed by atoms with Crippen molar-refractivity contribution in [3.8, 4) is 0 Å². The van der Waals surface area contributed by atoms with Gasteiger partial charge in [-0.2, -0.15) is 0 Å². The highest BCUT2D eigenvalue weighted by molar-refractivity contribution is 7.17. The lowest BCUT2D eigenvalue weighted by Gasteiger charge is -2.01. The summed E-state index contributed by atoms with van der Waals surface area (Å²) in [6.07, 6.45) is 0. The summed E-state index contributed by atoms with van der Waals surface area (Å²) in [5.74, 6) is 0. The van der Waals surface area contributed by atoms with Gasteiger partial charge in [0.25, 0.3) is 0 Å². The lowest BCUT2D eigenvalue weighted by atomic mass is 10.1. The van der Waals surface area contributed by atoms with Crippen molar-refractivity contribution in [3.05, 3.63) is 45.6 Å². The molecule has 3 rings (SSSR count). The molecule has 0 N–H and O–H groups in total. The Bertz CT molecular complexity index is 706. The molecular weight excluding hydrogens is 208 g/mol. The van der Waals surface area contributed by atoms with E-state index in [0.29, 0.717) is 5.58 Å². The van der Waals surface area contributed by atoms with Crippen molar-refractivity contribution in [2.24, 2.45) is 0 Å². The van der Waals surface area contributed by atoms with E-state index in [9.17, 15) is 4.79 Å². The zero-order valence-electron chi connectivity index (χ0n) is 8.11. The van der Waals surface area contributed by atoms with Crippen LogP contribution in [0, 0.1) is 6.92 Å². The molecule has 0 aliphatic rings. The molecule has 0 spiro atoms. The average Bonchev–Trinajstić information content (AvgIpc) is 2.63. The zero-order valence-corrected chi connectivity index (χ0v) is 8.93. The molecule has 3 aromatic rings. The Hall–Kier alpha value is -1.61. The van der Waals surface area contributed by atoms with Crippen molar-refractivity contribution in [3.63, 3.8) is 0 Å². The van der Waals surface area contributed by atoms with Gasteiger partial charge in [-0.15, -0.1) is 11.3 Å². The molecule has 74 valence electrons. The lowest BCUT2D eigenvalue weighted by Crippen LogP contribution is -1.97. The largest absolute Gasteiger partial charge is 0.423 e. The van der Waals surface area contributed by atoms with Crippen molar-refractivity contribution in [1.82, 2.24) is 0 Å². The normalized spacial score (nSPS) is 11.3. The Morgan fingerprint density at radius 1 is 1.27 bits per heavy atom. The average molecular weight is 216 g/mol. The van der Waals surface area contributed by atoms with Gasteiger partial charge in [0.15, 0.2) is 0 Å². The Morgan fingerprint density at radius 3 is 3.00 bits per heavy atom. The van der Waals surface area contributed by atoms with Crippen molar-refractivity contribution < 1.29 is 4.42 Å². The van der Waals surface area contributed by atoms with Gasteiger partial charge in [0.1, 0.15) is 5.58 Å². The van der Waals surface area contributed by atoms with Crippen LogP contribution in [-0.2, 0) is 0 Å². The first-order valence-electron chi connectivity index (χ1n) is 4.66. The second-order valence-corrected chi connectivity index (χ2v) is 4.47. The Labute approximate surface area is 89.8 Å². The Balaban J connectivity index is 2.68. The molecule has 15 heavy (non-hydrogen) atoms. The van der Waals surface area contributed by atoms with Gasteiger partial charge in [0.05, 0.1) is 0 Å². The predicted octanol–water partition coefficient (Wildman–Crippen LogP) is 3.32. The number of benzene rings is 1. The van der Waals surface area contributed by atoms with E-state index in [4.69, 9.17) is 4.42 Å². The topological polar surface area (TPSA) is 30.2 Å². The summed E-state index contributed by atoms with van der Waals surface area (Å²) >= 11 is 1.70. The lowest BCUT2D eigenvalue weighted by molar-refractivity contribution is 0.560. The summed E-state index contributed by atoms with van der Waals surface area (Å²) in [6.45, 7) is 1.94. The van der Waals surface area contributed by atoms with Gasteiger partial charge in [0.2, 0.25) is 0 Å². The quantitative estimate of drug-likeness (QED) is 0.539. The van der Waals surface area contributed by atoms with Crippen LogP contribution in [0.3, 0.4) is 0 Å². The summed E-state index contributed by atoms with van der Waals surface area (Å²) < 4.78 is 6.39. The van der Waals surface area contributed by atoms with Crippen LogP contribution in [-0.4, -0.2) is 0 Å². The van der Waals surface area contributed by atoms with E-state index >= 15 is 0 Å². The maximum absolute atomic E-state index is 11.2. The number of hydrogen-bond acceptors (Lipinski definition) is 3. The number of rotatable bonds is 0. The molecule has 0 saturated carbocycles. The van der Waals surface area contributed by atoms with Crippen LogP contribution in [0.1, 0.15) is 5.56 Å². The molecular formula is C12H8O2S. The maximum atomic E-state index is 11.2. The minimum absolute atomic E-state index is 0.283. The number of fused-ring (bicyclic) bond motifs is 3. The molecule has 0 atom stereocenters. The fraction of sp³-hybridized carbons (Fsp3) is 0.0833.